The Kier molecular flexibility index (Phi) is 3.88. The lowest BCUT2D eigenvalue weighted by Crippen LogP contribution is -2.38. The number of carboxylic acids is 1. The molecule has 2 rings (SSSR count). The highest BCUT2D eigenvalue weighted by Crippen LogP contribution is 2.32. The summed E-state index contributed by atoms with van der Waals surface area (Å²) in [5, 5.41) is 11.3. The van der Waals surface area contributed by atoms with Gasteiger partial charge in [-0.25, -0.2) is 8.42 Å². The van der Waals surface area contributed by atoms with Gasteiger partial charge in [-0.3, -0.25) is 9.59 Å². The third-order valence-electron chi connectivity index (χ3n) is 2.90. The molecule has 8 nitrogen and oxygen atoms in total. The molecule has 1 atom stereocenters. The van der Waals surface area contributed by atoms with Crippen LogP contribution in [-0.2, 0) is 19.6 Å². The molecule has 0 bridgehead atoms. The summed E-state index contributed by atoms with van der Waals surface area (Å²) in [6.45, 7) is 2.57. The molecular formula is C12H14N2O6S. The zero-order valence-electron chi connectivity index (χ0n) is 11.3. The van der Waals surface area contributed by atoms with E-state index >= 15 is 0 Å². The Labute approximate surface area is 121 Å². The van der Waals surface area contributed by atoms with E-state index in [1.165, 1.54) is 19.1 Å². The topological polar surface area (TPSA) is 122 Å². The van der Waals surface area contributed by atoms with E-state index in [1.807, 2.05) is 0 Å². The first-order valence-electron chi connectivity index (χ1n) is 6.03. The van der Waals surface area contributed by atoms with E-state index in [0.29, 0.717) is 11.3 Å². The summed E-state index contributed by atoms with van der Waals surface area (Å²) in [5.74, 6) is -1.38. The van der Waals surface area contributed by atoms with E-state index in [1.54, 1.807) is 6.92 Å². The molecule has 1 aromatic rings. The molecule has 0 radical (unpaired) electrons. The van der Waals surface area contributed by atoms with Crippen LogP contribution >= 0.6 is 0 Å². The molecule has 0 unspecified atom stereocenters. The summed E-state index contributed by atoms with van der Waals surface area (Å²) in [6.07, 6.45) is 0. The zero-order valence-corrected chi connectivity index (χ0v) is 12.2. The molecule has 1 amide bonds. The fraction of sp³-hybridized carbons (Fsp3) is 0.333. The van der Waals surface area contributed by atoms with Crippen molar-refractivity contribution in [3.8, 4) is 5.75 Å². The molecule has 21 heavy (non-hydrogen) atoms. The Morgan fingerprint density at radius 1 is 1.48 bits per heavy atom. The minimum absolute atomic E-state index is 0.0921. The molecule has 1 heterocycles. The van der Waals surface area contributed by atoms with Crippen LogP contribution in [0.1, 0.15) is 12.5 Å². The van der Waals surface area contributed by atoms with Crippen molar-refractivity contribution in [2.45, 2.75) is 24.8 Å². The highest BCUT2D eigenvalue weighted by molar-refractivity contribution is 7.89. The van der Waals surface area contributed by atoms with Gasteiger partial charge in [-0.2, -0.15) is 4.72 Å². The van der Waals surface area contributed by atoms with Gasteiger partial charge in [0, 0.05) is 6.07 Å². The predicted octanol–water partition coefficient (Wildman–Crippen LogP) is 0.0773. The number of benzene rings is 1. The van der Waals surface area contributed by atoms with Crippen LogP contribution in [0.2, 0.25) is 0 Å². The number of carbonyl (C=O) groups excluding carboxylic acids is 1. The molecule has 1 aliphatic heterocycles. The number of anilines is 1. The van der Waals surface area contributed by atoms with Crippen molar-refractivity contribution in [3.05, 3.63) is 17.7 Å². The van der Waals surface area contributed by atoms with Crippen LogP contribution in [0.3, 0.4) is 0 Å². The lowest BCUT2D eigenvalue weighted by molar-refractivity contribution is -0.138. The molecule has 0 fully saturated rings. The van der Waals surface area contributed by atoms with Crippen molar-refractivity contribution in [1.29, 1.82) is 0 Å². The van der Waals surface area contributed by atoms with Gasteiger partial charge < -0.3 is 15.2 Å². The van der Waals surface area contributed by atoms with Crippen LogP contribution in [0.25, 0.3) is 0 Å². The fourth-order valence-electron chi connectivity index (χ4n) is 1.85. The van der Waals surface area contributed by atoms with Crippen molar-refractivity contribution in [2.75, 3.05) is 11.9 Å². The number of carboxylic acid groups (broad SMARTS) is 1. The summed E-state index contributed by atoms with van der Waals surface area (Å²) in [4.78, 5) is 21.9. The zero-order chi connectivity index (χ0) is 15.8. The van der Waals surface area contributed by atoms with Crippen LogP contribution in [-0.4, -0.2) is 38.0 Å². The maximum atomic E-state index is 12.2. The van der Waals surface area contributed by atoms with Crippen molar-refractivity contribution >= 4 is 27.6 Å². The molecule has 0 aliphatic carbocycles. The number of aryl methyl sites for hydroxylation is 1. The number of amides is 1. The fourth-order valence-corrected chi connectivity index (χ4v) is 3.29. The van der Waals surface area contributed by atoms with Crippen LogP contribution in [0, 0.1) is 6.92 Å². The van der Waals surface area contributed by atoms with E-state index in [-0.39, 0.29) is 23.2 Å². The van der Waals surface area contributed by atoms with Crippen LogP contribution in [0.5, 0.6) is 5.75 Å². The summed E-state index contributed by atoms with van der Waals surface area (Å²) >= 11 is 0. The number of ether oxygens (including phenoxy) is 1. The molecule has 0 aromatic heterocycles. The number of fused-ring (bicyclic) bond motifs is 1. The second-order valence-corrected chi connectivity index (χ2v) is 6.31. The highest BCUT2D eigenvalue weighted by Gasteiger charge is 2.26. The van der Waals surface area contributed by atoms with Gasteiger partial charge in [-0.1, -0.05) is 0 Å². The van der Waals surface area contributed by atoms with Crippen molar-refractivity contribution in [2.24, 2.45) is 0 Å². The van der Waals surface area contributed by atoms with E-state index in [2.05, 4.69) is 10.0 Å². The van der Waals surface area contributed by atoms with E-state index in [4.69, 9.17) is 9.84 Å². The summed E-state index contributed by atoms with van der Waals surface area (Å²) in [5.41, 5.74) is 0.749. The Morgan fingerprint density at radius 2 is 2.14 bits per heavy atom. The van der Waals surface area contributed by atoms with Gasteiger partial charge in [-0.15, -0.1) is 0 Å². The Balaban J connectivity index is 2.40. The first-order valence-corrected chi connectivity index (χ1v) is 7.51. The van der Waals surface area contributed by atoms with Crippen LogP contribution in [0.15, 0.2) is 17.0 Å². The average Bonchev–Trinajstić information content (AvgIpc) is 2.36. The summed E-state index contributed by atoms with van der Waals surface area (Å²) in [6, 6.07) is 1.47. The molecule has 0 spiro atoms. The quantitative estimate of drug-likeness (QED) is 0.723. The monoisotopic (exact) mass is 314 g/mol. The number of hydrogen-bond donors (Lipinski definition) is 3. The number of nitrogens with one attached hydrogen (secondary N) is 2. The van der Waals surface area contributed by atoms with E-state index in [9.17, 15) is 18.0 Å². The number of rotatable bonds is 4. The Bertz CT molecular complexity index is 713. The van der Waals surface area contributed by atoms with Gasteiger partial charge in [0.05, 0.1) is 10.6 Å². The van der Waals surface area contributed by atoms with E-state index < -0.39 is 22.0 Å². The van der Waals surface area contributed by atoms with Crippen LogP contribution < -0.4 is 14.8 Å². The number of sulfonamides is 1. The van der Waals surface area contributed by atoms with Crippen molar-refractivity contribution < 1.29 is 27.9 Å². The SMILES string of the molecule is Cc1cc2c(cc1S(=O)(=O)N[C@@H](C)C(=O)O)OCC(=O)N2. The van der Waals surface area contributed by atoms with Gasteiger partial charge in [0.15, 0.2) is 6.61 Å². The summed E-state index contributed by atoms with van der Waals surface area (Å²) < 4.78 is 31.6. The van der Waals surface area contributed by atoms with Crippen molar-refractivity contribution in [3.63, 3.8) is 0 Å². The largest absolute Gasteiger partial charge is 0.482 e. The minimum Gasteiger partial charge on any atom is -0.482 e. The van der Waals surface area contributed by atoms with Gasteiger partial charge in [-0.05, 0) is 25.5 Å². The molecule has 0 saturated carbocycles. The minimum atomic E-state index is -4.01. The second-order valence-electron chi connectivity index (χ2n) is 4.63. The Morgan fingerprint density at radius 3 is 2.76 bits per heavy atom. The molecule has 1 aromatic carbocycles. The maximum Gasteiger partial charge on any atom is 0.321 e. The van der Waals surface area contributed by atoms with Crippen molar-refractivity contribution in [1.82, 2.24) is 4.72 Å². The van der Waals surface area contributed by atoms with E-state index in [0.717, 1.165) is 0 Å². The molecule has 0 saturated heterocycles. The smallest absolute Gasteiger partial charge is 0.321 e. The standard InChI is InChI=1S/C12H14N2O6S/c1-6-3-8-9(20-5-11(15)13-8)4-10(6)21(18,19)14-7(2)12(16)17/h3-4,7,14H,5H2,1-2H3,(H,13,15)(H,16,17)/t7-/m0/s1. The van der Waals surface area contributed by atoms with Crippen LogP contribution in [0.4, 0.5) is 5.69 Å². The maximum absolute atomic E-state index is 12.2. The lowest BCUT2D eigenvalue weighted by Gasteiger charge is -2.20. The highest BCUT2D eigenvalue weighted by atomic mass is 32.2. The molecule has 9 heteroatoms. The first-order chi connectivity index (χ1) is 9.70. The van der Waals surface area contributed by atoms with Gasteiger partial charge in [0.1, 0.15) is 11.8 Å². The van der Waals surface area contributed by atoms with Gasteiger partial charge in [0.25, 0.3) is 5.91 Å². The third-order valence-corrected chi connectivity index (χ3v) is 4.58. The molecule has 3 N–H and O–H groups in total. The number of carbonyl (C=O) groups is 2. The first kappa shape index (κ1) is 15.3. The summed E-state index contributed by atoms with van der Waals surface area (Å²) in [7, 11) is -4.01. The number of aliphatic carboxylic acids is 1. The third kappa shape index (κ3) is 3.14. The average molecular weight is 314 g/mol. The van der Waals surface area contributed by atoms with Gasteiger partial charge in [0.2, 0.25) is 10.0 Å². The molecule has 1 aliphatic rings. The number of hydrogen-bond acceptors (Lipinski definition) is 5. The lowest BCUT2D eigenvalue weighted by atomic mass is 10.2. The Hall–Kier alpha value is -2.13. The molecule has 114 valence electrons. The normalized spacial score (nSPS) is 15.6. The second kappa shape index (κ2) is 5.34. The van der Waals surface area contributed by atoms with Gasteiger partial charge >= 0.3 is 5.97 Å². The molecular weight excluding hydrogens is 300 g/mol. The predicted molar refractivity (Wildman–Crippen MR) is 72.7 cm³/mol.